The van der Waals surface area contributed by atoms with E-state index in [1.165, 1.54) is 31.2 Å². The van der Waals surface area contributed by atoms with Crippen LogP contribution in [0.2, 0.25) is 5.02 Å². The largest absolute Gasteiger partial charge is 0.377 e. The molecule has 3 aliphatic rings. The number of nitrogens with zero attached hydrogens (tertiary/aromatic N) is 2. The molecular formula is C21H29ClN2O2. The number of benzene rings is 1. The number of piperidine rings is 1. The van der Waals surface area contributed by atoms with E-state index in [0.29, 0.717) is 18.4 Å². The highest BCUT2D eigenvalue weighted by atomic mass is 35.5. The maximum atomic E-state index is 12.8. The van der Waals surface area contributed by atoms with Crippen LogP contribution in [0.3, 0.4) is 0 Å². The Bertz CT molecular complexity index is 629. The van der Waals surface area contributed by atoms with Crippen molar-refractivity contribution in [1.29, 1.82) is 0 Å². The van der Waals surface area contributed by atoms with Crippen molar-refractivity contribution in [1.82, 2.24) is 9.80 Å². The minimum atomic E-state index is 0.222. The Balaban J connectivity index is 1.31. The van der Waals surface area contributed by atoms with Crippen LogP contribution in [0.25, 0.3) is 0 Å². The summed E-state index contributed by atoms with van der Waals surface area (Å²) in [5.41, 5.74) is 1.40. The minimum absolute atomic E-state index is 0.222. The summed E-state index contributed by atoms with van der Waals surface area (Å²) in [6.07, 6.45) is 7.73. The number of hydrogen-bond donors (Lipinski definition) is 0. The first kappa shape index (κ1) is 18.3. The van der Waals surface area contributed by atoms with E-state index in [9.17, 15) is 4.79 Å². The normalized spacial score (nSPS) is 29.1. The maximum absolute atomic E-state index is 12.8. The summed E-state index contributed by atoms with van der Waals surface area (Å²) in [5, 5.41) is 0.745. The summed E-state index contributed by atoms with van der Waals surface area (Å²) in [4.78, 5) is 17.5. The van der Waals surface area contributed by atoms with Crippen LogP contribution in [-0.4, -0.2) is 60.1 Å². The summed E-state index contributed by atoms with van der Waals surface area (Å²) >= 11 is 5.94. The highest BCUT2D eigenvalue weighted by Gasteiger charge is 2.48. The smallest absolute Gasteiger partial charge is 0.222 e. The number of halogens is 1. The van der Waals surface area contributed by atoms with Gasteiger partial charge in [0.05, 0.1) is 6.10 Å². The predicted molar refractivity (Wildman–Crippen MR) is 103 cm³/mol. The summed E-state index contributed by atoms with van der Waals surface area (Å²) < 4.78 is 5.83. The molecule has 0 N–H and O–H groups in total. The molecule has 0 aromatic heterocycles. The summed E-state index contributed by atoms with van der Waals surface area (Å²) in [6, 6.07) is 7.83. The Morgan fingerprint density at radius 1 is 1.19 bits per heavy atom. The molecule has 0 radical (unpaired) electrons. The van der Waals surface area contributed by atoms with Gasteiger partial charge in [-0.1, -0.05) is 23.7 Å². The van der Waals surface area contributed by atoms with Gasteiger partial charge in [0.15, 0.2) is 0 Å². The van der Waals surface area contributed by atoms with Crippen LogP contribution < -0.4 is 0 Å². The molecule has 3 aliphatic heterocycles. The van der Waals surface area contributed by atoms with Gasteiger partial charge < -0.3 is 9.64 Å². The molecule has 0 saturated carbocycles. The van der Waals surface area contributed by atoms with E-state index < -0.39 is 0 Å². The summed E-state index contributed by atoms with van der Waals surface area (Å²) in [6.45, 7) is 4.94. The van der Waals surface area contributed by atoms with E-state index in [-0.39, 0.29) is 5.54 Å². The van der Waals surface area contributed by atoms with Crippen molar-refractivity contribution in [2.24, 2.45) is 0 Å². The fourth-order valence-corrected chi connectivity index (χ4v) is 4.88. The molecule has 0 bridgehead atoms. The number of amides is 1. The molecule has 1 amide bonds. The molecule has 142 valence electrons. The Kier molecular flexibility index (Phi) is 5.53. The van der Waals surface area contributed by atoms with E-state index in [1.54, 1.807) is 0 Å². The Hall–Kier alpha value is -1.10. The number of ether oxygens (including phenoxy) is 1. The highest BCUT2D eigenvalue weighted by molar-refractivity contribution is 6.30. The van der Waals surface area contributed by atoms with Crippen molar-refractivity contribution in [3.05, 3.63) is 34.9 Å². The molecule has 26 heavy (non-hydrogen) atoms. The van der Waals surface area contributed by atoms with Gasteiger partial charge in [-0.2, -0.15) is 0 Å². The molecule has 3 saturated heterocycles. The second-order valence-corrected chi connectivity index (χ2v) is 8.54. The second-order valence-electron chi connectivity index (χ2n) is 8.10. The Labute approximate surface area is 161 Å². The summed E-state index contributed by atoms with van der Waals surface area (Å²) in [5.74, 6) is 0.294. The van der Waals surface area contributed by atoms with Crippen LogP contribution in [0.1, 0.15) is 44.1 Å². The molecule has 0 aliphatic carbocycles. The fraction of sp³-hybridized carbons (Fsp3) is 0.667. The van der Waals surface area contributed by atoms with E-state index in [4.69, 9.17) is 16.3 Å². The Morgan fingerprint density at radius 3 is 2.73 bits per heavy atom. The van der Waals surface area contributed by atoms with Crippen LogP contribution in [0, 0.1) is 0 Å². The van der Waals surface area contributed by atoms with E-state index in [1.807, 2.05) is 24.3 Å². The second kappa shape index (κ2) is 7.87. The quantitative estimate of drug-likeness (QED) is 0.788. The third kappa shape index (κ3) is 3.92. The average molecular weight is 377 g/mol. The molecule has 3 fully saturated rings. The monoisotopic (exact) mass is 376 g/mol. The molecule has 1 spiro atoms. The van der Waals surface area contributed by atoms with Crippen LogP contribution in [0.4, 0.5) is 0 Å². The zero-order chi connectivity index (χ0) is 18.0. The number of hydrogen-bond acceptors (Lipinski definition) is 3. The van der Waals surface area contributed by atoms with Gasteiger partial charge in [0, 0.05) is 49.8 Å². The Morgan fingerprint density at radius 2 is 2.04 bits per heavy atom. The maximum Gasteiger partial charge on any atom is 0.222 e. The lowest BCUT2D eigenvalue weighted by atomic mass is 9.77. The van der Waals surface area contributed by atoms with Gasteiger partial charge in [0.1, 0.15) is 0 Å². The molecule has 4 nitrogen and oxygen atoms in total. The van der Waals surface area contributed by atoms with Gasteiger partial charge in [0.2, 0.25) is 5.91 Å². The number of carbonyl (C=O) groups is 1. The van der Waals surface area contributed by atoms with Gasteiger partial charge in [-0.3, -0.25) is 9.69 Å². The summed E-state index contributed by atoms with van der Waals surface area (Å²) in [7, 11) is 0. The first-order chi connectivity index (χ1) is 12.6. The van der Waals surface area contributed by atoms with Crippen LogP contribution in [-0.2, 0) is 16.0 Å². The first-order valence-electron chi connectivity index (χ1n) is 10.0. The standard InChI is InChI=1S/C21H29ClN2O2/c22-18-7-4-17(5-8-18)6-9-20(25)23-12-2-10-21(16-23)11-13-24(21)15-19-3-1-14-26-19/h4-5,7-8,19H,1-3,6,9-16H2/t19-,21-/m1/s1. The molecular weight excluding hydrogens is 348 g/mol. The SMILES string of the molecule is O=C(CCc1ccc(Cl)cc1)N1CCC[C@@]2(CCN2C[C@H]2CCCO2)C1. The van der Waals surface area contributed by atoms with Gasteiger partial charge in [-0.05, 0) is 56.2 Å². The van der Waals surface area contributed by atoms with Crippen molar-refractivity contribution in [2.75, 3.05) is 32.8 Å². The molecule has 0 unspecified atom stereocenters. The molecule has 3 heterocycles. The van der Waals surface area contributed by atoms with Crippen LogP contribution in [0.5, 0.6) is 0 Å². The number of likely N-dealkylation sites (tertiary alicyclic amines) is 2. The van der Waals surface area contributed by atoms with Crippen molar-refractivity contribution in [3.8, 4) is 0 Å². The minimum Gasteiger partial charge on any atom is -0.377 e. The highest BCUT2D eigenvalue weighted by Crippen LogP contribution is 2.39. The lowest BCUT2D eigenvalue weighted by molar-refractivity contribution is -0.141. The molecule has 1 aromatic carbocycles. The van der Waals surface area contributed by atoms with Crippen LogP contribution in [0.15, 0.2) is 24.3 Å². The molecule has 2 atom stereocenters. The number of carbonyl (C=O) groups excluding carboxylic acids is 1. The van der Waals surface area contributed by atoms with E-state index in [0.717, 1.165) is 50.7 Å². The lowest BCUT2D eigenvalue weighted by Crippen LogP contribution is -2.68. The van der Waals surface area contributed by atoms with E-state index in [2.05, 4.69) is 9.80 Å². The first-order valence-corrected chi connectivity index (χ1v) is 10.4. The van der Waals surface area contributed by atoms with Gasteiger partial charge >= 0.3 is 0 Å². The topological polar surface area (TPSA) is 32.8 Å². The van der Waals surface area contributed by atoms with Gasteiger partial charge in [-0.25, -0.2) is 0 Å². The van der Waals surface area contributed by atoms with Crippen molar-refractivity contribution in [3.63, 3.8) is 0 Å². The number of aryl methyl sites for hydroxylation is 1. The van der Waals surface area contributed by atoms with E-state index >= 15 is 0 Å². The van der Waals surface area contributed by atoms with Crippen LogP contribution >= 0.6 is 11.6 Å². The fourth-order valence-electron chi connectivity index (χ4n) is 4.75. The number of rotatable bonds is 5. The van der Waals surface area contributed by atoms with Crippen molar-refractivity contribution < 1.29 is 9.53 Å². The zero-order valence-corrected chi connectivity index (χ0v) is 16.2. The zero-order valence-electron chi connectivity index (χ0n) is 15.5. The van der Waals surface area contributed by atoms with Gasteiger partial charge in [-0.15, -0.1) is 0 Å². The predicted octanol–water partition coefficient (Wildman–Crippen LogP) is 3.52. The van der Waals surface area contributed by atoms with Crippen molar-refractivity contribution >= 4 is 17.5 Å². The third-order valence-corrected chi connectivity index (χ3v) is 6.67. The van der Waals surface area contributed by atoms with Gasteiger partial charge in [0.25, 0.3) is 0 Å². The molecule has 4 rings (SSSR count). The average Bonchev–Trinajstić information content (AvgIpc) is 3.18. The van der Waals surface area contributed by atoms with Crippen molar-refractivity contribution in [2.45, 2.75) is 56.6 Å². The molecule has 5 heteroatoms. The molecule has 1 aromatic rings. The third-order valence-electron chi connectivity index (χ3n) is 6.41. The lowest BCUT2D eigenvalue weighted by Gasteiger charge is -2.57.